The molecule has 1 unspecified atom stereocenters. The molecule has 2 N–H and O–H groups in total. The van der Waals surface area contributed by atoms with Crippen LogP contribution in [0.5, 0.6) is 5.75 Å². The average molecular weight is 368 g/mol. The number of nitrogens with zero attached hydrogens (tertiary/aromatic N) is 2. The largest absolute Gasteiger partial charge is 0.497 e. The highest BCUT2D eigenvalue weighted by atomic mass is 32.1. The molecule has 6 nitrogen and oxygen atoms in total. The lowest BCUT2D eigenvalue weighted by Gasteiger charge is -2.16. The topological polar surface area (TPSA) is 70.2 Å². The van der Waals surface area contributed by atoms with E-state index in [9.17, 15) is 4.79 Å². The molecule has 0 aliphatic carbocycles. The van der Waals surface area contributed by atoms with Gasteiger partial charge in [0.15, 0.2) is 5.82 Å². The van der Waals surface area contributed by atoms with Crippen molar-refractivity contribution >= 4 is 23.1 Å². The Morgan fingerprint density at radius 1 is 1.35 bits per heavy atom. The molecule has 0 saturated carbocycles. The Balaban J connectivity index is 1.38. The third-order valence-corrected chi connectivity index (χ3v) is 5.43. The lowest BCUT2D eigenvalue weighted by atomic mass is 10.2. The van der Waals surface area contributed by atoms with E-state index in [-0.39, 0.29) is 11.9 Å². The fourth-order valence-corrected chi connectivity index (χ4v) is 3.84. The van der Waals surface area contributed by atoms with E-state index in [2.05, 4.69) is 37.9 Å². The molecule has 1 atom stereocenters. The number of ether oxygens (including phenoxy) is 1. The molecule has 1 aliphatic heterocycles. The van der Waals surface area contributed by atoms with Gasteiger partial charge in [-0.05, 0) is 36.1 Å². The van der Waals surface area contributed by atoms with Crippen LogP contribution in [0, 0.1) is 0 Å². The summed E-state index contributed by atoms with van der Waals surface area (Å²) in [6.07, 6.45) is 0.900. The number of benzene rings is 1. The number of aromatic nitrogens is 2. The standard InChI is InChI=1S/C19H20N4O2S/c1-25-15-5-2-4-13(10-15)19(24)20-14-7-8-23(12-14)18-11-16(21-22-18)17-6-3-9-26-17/h2-6,9-11,14H,7-8,12H2,1H3,(H,20,24)(H,21,22). The van der Waals surface area contributed by atoms with Crippen LogP contribution >= 0.6 is 11.3 Å². The molecule has 7 heteroatoms. The molecule has 1 fully saturated rings. The van der Waals surface area contributed by atoms with Gasteiger partial charge in [0.2, 0.25) is 0 Å². The summed E-state index contributed by atoms with van der Waals surface area (Å²) in [6.45, 7) is 1.63. The third kappa shape index (κ3) is 3.43. The lowest BCUT2D eigenvalue weighted by Crippen LogP contribution is -2.37. The molecular formula is C19H20N4O2S. The van der Waals surface area contributed by atoms with Gasteiger partial charge in [-0.1, -0.05) is 12.1 Å². The second kappa shape index (κ2) is 7.21. The zero-order chi connectivity index (χ0) is 17.9. The summed E-state index contributed by atoms with van der Waals surface area (Å²) in [6, 6.07) is 13.5. The number of rotatable bonds is 5. The number of hydrogen-bond acceptors (Lipinski definition) is 5. The number of thiophene rings is 1. The number of carbonyl (C=O) groups excluding carboxylic acids is 1. The third-order valence-electron chi connectivity index (χ3n) is 4.53. The van der Waals surface area contributed by atoms with Gasteiger partial charge in [-0.3, -0.25) is 9.89 Å². The van der Waals surface area contributed by atoms with Crippen LogP contribution in [0.4, 0.5) is 5.82 Å². The van der Waals surface area contributed by atoms with Crippen LogP contribution in [-0.2, 0) is 0 Å². The van der Waals surface area contributed by atoms with Crippen molar-refractivity contribution in [2.75, 3.05) is 25.1 Å². The molecule has 1 aromatic carbocycles. The first kappa shape index (κ1) is 16.7. The summed E-state index contributed by atoms with van der Waals surface area (Å²) in [5.41, 5.74) is 1.64. The van der Waals surface area contributed by atoms with Crippen molar-refractivity contribution in [3.63, 3.8) is 0 Å². The minimum atomic E-state index is -0.0722. The molecule has 1 amide bonds. The maximum atomic E-state index is 12.5. The van der Waals surface area contributed by atoms with Gasteiger partial charge in [-0.2, -0.15) is 5.10 Å². The number of amides is 1. The van der Waals surface area contributed by atoms with Crippen LogP contribution in [0.3, 0.4) is 0 Å². The Hall–Kier alpha value is -2.80. The minimum absolute atomic E-state index is 0.0722. The van der Waals surface area contributed by atoms with Crippen LogP contribution in [0.15, 0.2) is 47.8 Å². The predicted molar refractivity (Wildman–Crippen MR) is 103 cm³/mol. The van der Waals surface area contributed by atoms with Gasteiger partial charge in [0.1, 0.15) is 5.75 Å². The quantitative estimate of drug-likeness (QED) is 0.726. The van der Waals surface area contributed by atoms with Gasteiger partial charge in [0, 0.05) is 30.8 Å². The van der Waals surface area contributed by atoms with E-state index in [4.69, 9.17) is 4.74 Å². The molecule has 3 heterocycles. The van der Waals surface area contributed by atoms with Gasteiger partial charge >= 0.3 is 0 Å². The molecule has 0 spiro atoms. The van der Waals surface area contributed by atoms with Gasteiger partial charge in [-0.15, -0.1) is 11.3 Å². The maximum Gasteiger partial charge on any atom is 0.251 e. The van der Waals surface area contributed by atoms with Crippen molar-refractivity contribution in [3.05, 3.63) is 53.4 Å². The number of H-pyrrole nitrogens is 1. The van der Waals surface area contributed by atoms with Crippen molar-refractivity contribution in [2.24, 2.45) is 0 Å². The summed E-state index contributed by atoms with van der Waals surface area (Å²) in [7, 11) is 1.60. The Bertz CT molecular complexity index is 891. The first-order valence-electron chi connectivity index (χ1n) is 8.52. The van der Waals surface area contributed by atoms with E-state index in [1.165, 1.54) is 4.88 Å². The van der Waals surface area contributed by atoms with Gasteiger partial charge in [0.05, 0.1) is 17.7 Å². The van der Waals surface area contributed by atoms with E-state index in [0.29, 0.717) is 11.3 Å². The highest BCUT2D eigenvalue weighted by Crippen LogP contribution is 2.27. The summed E-state index contributed by atoms with van der Waals surface area (Å²) >= 11 is 1.68. The van der Waals surface area contributed by atoms with Crippen molar-refractivity contribution in [1.82, 2.24) is 15.5 Å². The highest BCUT2D eigenvalue weighted by Gasteiger charge is 2.26. The fourth-order valence-electron chi connectivity index (χ4n) is 3.15. The smallest absolute Gasteiger partial charge is 0.251 e. The monoisotopic (exact) mass is 368 g/mol. The summed E-state index contributed by atoms with van der Waals surface area (Å²) in [5.74, 6) is 1.53. The SMILES string of the molecule is COc1cccc(C(=O)NC2CCN(c3cc(-c4cccs4)[nH]n3)C2)c1. The normalized spacial score (nSPS) is 16.7. The molecule has 0 radical (unpaired) electrons. The van der Waals surface area contributed by atoms with Crippen LogP contribution in [-0.4, -0.2) is 42.3 Å². The lowest BCUT2D eigenvalue weighted by molar-refractivity contribution is 0.0940. The molecule has 0 bridgehead atoms. The number of hydrogen-bond donors (Lipinski definition) is 2. The van der Waals surface area contributed by atoms with Crippen molar-refractivity contribution in [2.45, 2.75) is 12.5 Å². The van der Waals surface area contributed by atoms with Crippen molar-refractivity contribution < 1.29 is 9.53 Å². The summed E-state index contributed by atoms with van der Waals surface area (Å²) < 4.78 is 5.18. The Morgan fingerprint density at radius 2 is 2.27 bits per heavy atom. The Morgan fingerprint density at radius 3 is 3.08 bits per heavy atom. The number of anilines is 1. The van der Waals surface area contributed by atoms with E-state index < -0.39 is 0 Å². The molecule has 134 valence electrons. The highest BCUT2D eigenvalue weighted by molar-refractivity contribution is 7.13. The van der Waals surface area contributed by atoms with Gasteiger partial charge in [0.25, 0.3) is 5.91 Å². The van der Waals surface area contributed by atoms with Crippen molar-refractivity contribution in [3.8, 4) is 16.3 Å². The predicted octanol–water partition coefficient (Wildman–Crippen LogP) is 3.16. The second-order valence-electron chi connectivity index (χ2n) is 6.25. The maximum absolute atomic E-state index is 12.5. The fraction of sp³-hybridized carbons (Fsp3) is 0.263. The Kier molecular flexibility index (Phi) is 4.62. The second-order valence-corrected chi connectivity index (χ2v) is 7.20. The molecule has 1 saturated heterocycles. The van der Waals surface area contributed by atoms with Gasteiger partial charge in [-0.25, -0.2) is 0 Å². The van der Waals surface area contributed by atoms with E-state index >= 15 is 0 Å². The van der Waals surface area contributed by atoms with Crippen LogP contribution in [0.1, 0.15) is 16.8 Å². The molecule has 26 heavy (non-hydrogen) atoms. The molecule has 4 rings (SSSR count). The summed E-state index contributed by atoms with van der Waals surface area (Å²) in [4.78, 5) is 15.8. The minimum Gasteiger partial charge on any atom is -0.497 e. The average Bonchev–Trinajstić information content (AvgIpc) is 3.41. The van der Waals surface area contributed by atoms with E-state index in [1.807, 2.05) is 18.2 Å². The number of aromatic amines is 1. The van der Waals surface area contributed by atoms with Gasteiger partial charge < -0.3 is 15.0 Å². The number of carbonyl (C=O) groups is 1. The summed E-state index contributed by atoms with van der Waals surface area (Å²) in [5, 5.41) is 12.7. The zero-order valence-electron chi connectivity index (χ0n) is 14.4. The molecular weight excluding hydrogens is 348 g/mol. The van der Waals surface area contributed by atoms with Crippen LogP contribution < -0.4 is 15.0 Å². The molecule has 3 aromatic rings. The molecule has 2 aromatic heterocycles. The van der Waals surface area contributed by atoms with Crippen LogP contribution in [0.25, 0.3) is 10.6 Å². The first-order chi connectivity index (χ1) is 12.7. The first-order valence-corrected chi connectivity index (χ1v) is 9.40. The van der Waals surface area contributed by atoms with E-state index in [1.54, 1.807) is 30.6 Å². The number of methoxy groups -OCH3 is 1. The van der Waals surface area contributed by atoms with E-state index in [0.717, 1.165) is 31.0 Å². The number of nitrogens with one attached hydrogen (secondary N) is 2. The Labute approximate surface area is 155 Å². The molecule has 1 aliphatic rings. The van der Waals surface area contributed by atoms with Crippen molar-refractivity contribution in [1.29, 1.82) is 0 Å². The van der Waals surface area contributed by atoms with Crippen LogP contribution in [0.2, 0.25) is 0 Å². The zero-order valence-corrected chi connectivity index (χ0v) is 15.3.